The van der Waals surface area contributed by atoms with Gasteiger partial charge in [0.25, 0.3) is 0 Å². The fourth-order valence-corrected chi connectivity index (χ4v) is 2.32. The average Bonchev–Trinajstić information content (AvgIpc) is 2.32. The summed E-state index contributed by atoms with van der Waals surface area (Å²) in [5.41, 5.74) is 1.26. The lowest BCUT2D eigenvalue weighted by atomic mass is 10.0. The Morgan fingerprint density at radius 1 is 1.11 bits per heavy atom. The van der Waals surface area contributed by atoms with Crippen LogP contribution >= 0.6 is 11.6 Å². The van der Waals surface area contributed by atoms with Gasteiger partial charge in [-0.05, 0) is 20.8 Å². The van der Waals surface area contributed by atoms with E-state index >= 15 is 0 Å². The van der Waals surface area contributed by atoms with Crippen LogP contribution in [0.1, 0.15) is 26.5 Å². The first-order valence-electron chi connectivity index (χ1n) is 6.39. The molecule has 18 heavy (non-hydrogen) atoms. The van der Waals surface area contributed by atoms with Crippen LogP contribution in [0.5, 0.6) is 0 Å². The molecule has 2 heterocycles. The molecular formula is C13H21ClN4. The van der Waals surface area contributed by atoms with Gasteiger partial charge in [-0.1, -0.05) is 11.6 Å². The Morgan fingerprint density at radius 3 is 2.28 bits per heavy atom. The number of nitrogens with zero attached hydrogens (tertiary/aromatic N) is 4. The molecule has 0 amide bonds. The molecule has 0 aromatic carbocycles. The summed E-state index contributed by atoms with van der Waals surface area (Å²) in [4.78, 5) is 13.3. The van der Waals surface area contributed by atoms with E-state index in [1.165, 1.54) is 0 Å². The first-order valence-corrected chi connectivity index (χ1v) is 6.77. The minimum Gasteiger partial charge on any atom is -0.296 e. The van der Waals surface area contributed by atoms with Crippen molar-refractivity contribution in [2.24, 2.45) is 0 Å². The van der Waals surface area contributed by atoms with Crippen LogP contribution in [0.25, 0.3) is 0 Å². The molecule has 1 aromatic rings. The number of aromatic nitrogens is 2. The zero-order valence-corrected chi connectivity index (χ0v) is 12.1. The first-order chi connectivity index (χ1) is 8.45. The van der Waals surface area contributed by atoms with Crippen molar-refractivity contribution in [3.63, 3.8) is 0 Å². The highest BCUT2D eigenvalue weighted by atomic mass is 35.5. The Balaban J connectivity index is 1.85. The Hall–Kier alpha value is -0.710. The Kier molecular flexibility index (Phi) is 4.20. The second-order valence-corrected chi connectivity index (χ2v) is 6.15. The first kappa shape index (κ1) is 13.7. The summed E-state index contributed by atoms with van der Waals surface area (Å²) in [6, 6.07) is 0. The molecule has 0 N–H and O–H groups in total. The van der Waals surface area contributed by atoms with Crippen LogP contribution in [0.4, 0.5) is 0 Å². The van der Waals surface area contributed by atoms with Crippen molar-refractivity contribution in [3.05, 3.63) is 23.2 Å². The van der Waals surface area contributed by atoms with Crippen molar-refractivity contribution >= 4 is 11.6 Å². The van der Waals surface area contributed by atoms with Gasteiger partial charge >= 0.3 is 0 Å². The highest BCUT2D eigenvalue weighted by molar-refractivity contribution is 6.29. The highest BCUT2D eigenvalue weighted by Gasteiger charge is 2.25. The zero-order valence-electron chi connectivity index (χ0n) is 11.4. The summed E-state index contributed by atoms with van der Waals surface area (Å²) >= 11 is 5.73. The van der Waals surface area contributed by atoms with E-state index in [9.17, 15) is 0 Å². The average molecular weight is 269 g/mol. The molecule has 5 heteroatoms. The van der Waals surface area contributed by atoms with E-state index in [-0.39, 0.29) is 5.54 Å². The summed E-state index contributed by atoms with van der Waals surface area (Å²) in [7, 11) is 0. The maximum absolute atomic E-state index is 5.73. The van der Waals surface area contributed by atoms with Gasteiger partial charge in [0.2, 0.25) is 0 Å². The molecule has 1 aliphatic rings. The number of hydrogen-bond acceptors (Lipinski definition) is 4. The summed E-state index contributed by atoms with van der Waals surface area (Å²) in [5.74, 6) is 0. The molecule has 0 atom stereocenters. The summed E-state index contributed by atoms with van der Waals surface area (Å²) in [6.45, 7) is 12.1. The third kappa shape index (κ3) is 3.64. The van der Waals surface area contributed by atoms with Crippen LogP contribution in [0.2, 0.25) is 5.15 Å². The van der Waals surface area contributed by atoms with Crippen molar-refractivity contribution in [2.45, 2.75) is 32.9 Å². The maximum Gasteiger partial charge on any atom is 0.147 e. The van der Waals surface area contributed by atoms with Gasteiger partial charge < -0.3 is 0 Å². The molecule has 1 saturated heterocycles. The monoisotopic (exact) mass is 268 g/mol. The third-order valence-corrected chi connectivity index (χ3v) is 3.58. The predicted molar refractivity (Wildman–Crippen MR) is 73.6 cm³/mol. The van der Waals surface area contributed by atoms with Crippen molar-refractivity contribution in [1.29, 1.82) is 0 Å². The van der Waals surface area contributed by atoms with E-state index in [4.69, 9.17) is 11.6 Å². The van der Waals surface area contributed by atoms with E-state index in [0.29, 0.717) is 5.15 Å². The molecule has 0 spiro atoms. The largest absolute Gasteiger partial charge is 0.296 e. The van der Waals surface area contributed by atoms with Gasteiger partial charge in [-0.3, -0.25) is 14.8 Å². The molecule has 1 fully saturated rings. The van der Waals surface area contributed by atoms with E-state index < -0.39 is 0 Å². The smallest absolute Gasteiger partial charge is 0.147 e. The molecule has 0 radical (unpaired) electrons. The summed E-state index contributed by atoms with van der Waals surface area (Å²) in [5, 5.41) is 0.455. The lowest BCUT2D eigenvalue weighted by Gasteiger charge is -2.42. The Morgan fingerprint density at radius 2 is 1.78 bits per heavy atom. The molecule has 0 saturated carbocycles. The summed E-state index contributed by atoms with van der Waals surface area (Å²) < 4.78 is 0. The van der Waals surface area contributed by atoms with Gasteiger partial charge in [0.1, 0.15) is 5.15 Å². The van der Waals surface area contributed by atoms with Crippen molar-refractivity contribution < 1.29 is 0 Å². The highest BCUT2D eigenvalue weighted by Crippen LogP contribution is 2.16. The van der Waals surface area contributed by atoms with Gasteiger partial charge in [0.15, 0.2) is 0 Å². The molecule has 0 unspecified atom stereocenters. The minimum absolute atomic E-state index is 0.270. The van der Waals surface area contributed by atoms with Crippen LogP contribution in [0, 0.1) is 0 Å². The van der Waals surface area contributed by atoms with Gasteiger partial charge in [-0.25, -0.2) is 4.98 Å². The zero-order chi connectivity index (χ0) is 13.2. The van der Waals surface area contributed by atoms with Crippen LogP contribution < -0.4 is 0 Å². The standard InChI is InChI=1S/C13H21ClN4/c1-13(2,3)18-6-4-17(5-7-18)10-11-8-16-12(14)9-15-11/h8-9H,4-7,10H2,1-3H3. The van der Waals surface area contributed by atoms with Gasteiger partial charge in [-0.2, -0.15) is 0 Å². The lowest BCUT2D eigenvalue weighted by molar-refractivity contribution is 0.0585. The quantitative estimate of drug-likeness (QED) is 0.822. The van der Waals surface area contributed by atoms with E-state index in [2.05, 4.69) is 40.5 Å². The molecule has 1 aromatic heterocycles. The molecular weight excluding hydrogens is 248 g/mol. The normalized spacial score (nSPS) is 19.1. The molecule has 1 aliphatic heterocycles. The number of hydrogen-bond donors (Lipinski definition) is 0. The van der Waals surface area contributed by atoms with E-state index in [0.717, 1.165) is 38.4 Å². The minimum atomic E-state index is 0.270. The Labute approximate surface area is 114 Å². The van der Waals surface area contributed by atoms with Crippen LogP contribution in [-0.2, 0) is 6.54 Å². The number of rotatable bonds is 2. The van der Waals surface area contributed by atoms with Gasteiger partial charge in [-0.15, -0.1) is 0 Å². The second kappa shape index (κ2) is 5.51. The topological polar surface area (TPSA) is 32.3 Å². The molecule has 4 nitrogen and oxygen atoms in total. The van der Waals surface area contributed by atoms with Gasteiger partial charge in [0.05, 0.1) is 18.1 Å². The molecule has 0 aliphatic carbocycles. The fraction of sp³-hybridized carbons (Fsp3) is 0.692. The third-order valence-electron chi connectivity index (χ3n) is 3.38. The second-order valence-electron chi connectivity index (χ2n) is 5.76. The van der Waals surface area contributed by atoms with Crippen molar-refractivity contribution in [2.75, 3.05) is 26.2 Å². The maximum atomic E-state index is 5.73. The SMILES string of the molecule is CC(C)(C)N1CCN(Cc2cnc(Cl)cn2)CC1. The summed E-state index contributed by atoms with van der Waals surface area (Å²) in [6.07, 6.45) is 3.38. The van der Waals surface area contributed by atoms with Crippen LogP contribution in [0.3, 0.4) is 0 Å². The van der Waals surface area contributed by atoms with Crippen LogP contribution in [-0.4, -0.2) is 51.5 Å². The van der Waals surface area contributed by atoms with Crippen LogP contribution in [0.15, 0.2) is 12.4 Å². The van der Waals surface area contributed by atoms with Crippen molar-refractivity contribution in [3.8, 4) is 0 Å². The van der Waals surface area contributed by atoms with E-state index in [1.54, 1.807) is 12.4 Å². The molecule has 100 valence electrons. The van der Waals surface area contributed by atoms with Gasteiger partial charge in [0, 0.05) is 38.3 Å². The van der Waals surface area contributed by atoms with Crippen molar-refractivity contribution in [1.82, 2.24) is 19.8 Å². The number of halogens is 1. The lowest BCUT2D eigenvalue weighted by Crippen LogP contribution is -2.53. The number of piperazine rings is 1. The fourth-order valence-electron chi connectivity index (χ4n) is 2.23. The molecule has 2 rings (SSSR count). The predicted octanol–water partition coefficient (Wildman–Crippen LogP) is 2.05. The van der Waals surface area contributed by atoms with E-state index in [1.807, 2.05) is 0 Å². The Bertz CT molecular complexity index is 377. The molecule has 0 bridgehead atoms.